The van der Waals surface area contributed by atoms with E-state index < -0.39 is 0 Å². The molecule has 0 spiro atoms. The van der Waals surface area contributed by atoms with Gasteiger partial charge in [-0.2, -0.15) is 11.8 Å². The van der Waals surface area contributed by atoms with Gasteiger partial charge in [0.05, 0.1) is 6.61 Å². The van der Waals surface area contributed by atoms with Crippen LogP contribution in [0.15, 0.2) is 0 Å². The zero-order chi connectivity index (χ0) is 8.53. The molecule has 0 heterocycles. The maximum absolute atomic E-state index is 8.69. The van der Waals surface area contributed by atoms with Crippen molar-refractivity contribution in [2.24, 2.45) is 0 Å². The summed E-state index contributed by atoms with van der Waals surface area (Å²) in [5.41, 5.74) is 0. The third kappa shape index (κ3) is 8.17. The largest absolute Gasteiger partial charge is 0.395 e. The summed E-state index contributed by atoms with van der Waals surface area (Å²) in [4.78, 5) is 0. The first-order valence-corrected chi connectivity index (χ1v) is 5.07. The molecule has 68 valence electrons. The molecule has 0 aliphatic carbocycles. The Balaban J connectivity index is 2.89. The van der Waals surface area contributed by atoms with Crippen molar-refractivity contribution in [3.8, 4) is 0 Å². The zero-order valence-electron chi connectivity index (χ0n) is 7.38. The average molecular weight is 178 g/mol. The van der Waals surface area contributed by atoms with Crippen LogP contribution in [0.4, 0.5) is 0 Å². The van der Waals surface area contributed by atoms with E-state index in [0.29, 0.717) is 5.25 Å². The second-order valence-corrected chi connectivity index (χ2v) is 4.11. The van der Waals surface area contributed by atoms with E-state index >= 15 is 0 Å². The van der Waals surface area contributed by atoms with Crippen LogP contribution in [0.5, 0.6) is 0 Å². The molecule has 0 radical (unpaired) electrons. The Bertz CT molecular complexity index is 78.5. The molecule has 0 aromatic carbocycles. The predicted molar refractivity (Wildman–Crippen MR) is 50.1 cm³/mol. The quantitative estimate of drug-likeness (QED) is 0.599. The Labute approximate surface area is 73.3 Å². The predicted octanol–water partition coefficient (Wildman–Crippen LogP) is 1.53. The van der Waals surface area contributed by atoms with Crippen molar-refractivity contribution >= 4 is 11.8 Å². The molecule has 0 aromatic heterocycles. The maximum Gasteiger partial charge on any atom is 0.0547 e. The number of unbranched alkanes of at least 4 members (excludes halogenated alkanes) is 1. The number of methoxy groups -OCH3 is 1. The number of aliphatic hydroxyl groups is 1. The van der Waals surface area contributed by atoms with Gasteiger partial charge in [-0.1, -0.05) is 6.92 Å². The summed E-state index contributed by atoms with van der Waals surface area (Å²) in [5, 5.41) is 9.08. The molecule has 0 saturated carbocycles. The molecule has 0 amide bonds. The van der Waals surface area contributed by atoms with Crippen LogP contribution in [-0.2, 0) is 4.74 Å². The summed E-state index contributed by atoms with van der Waals surface area (Å²) in [6.07, 6.45) is 2.31. The van der Waals surface area contributed by atoms with E-state index in [1.165, 1.54) is 6.42 Å². The Hall–Kier alpha value is 0.270. The van der Waals surface area contributed by atoms with Crippen LogP contribution in [0.25, 0.3) is 0 Å². The molecule has 2 nitrogen and oxygen atoms in total. The molecule has 0 saturated heterocycles. The van der Waals surface area contributed by atoms with Gasteiger partial charge in [0.25, 0.3) is 0 Å². The molecule has 3 heteroatoms. The molecular formula is C8H18O2S. The smallest absolute Gasteiger partial charge is 0.0547 e. The van der Waals surface area contributed by atoms with Gasteiger partial charge < -0.3 is 9.84 Å². The van der Waals surface area contributed by atoms with Gasteiger partial charge in [0.15, 0.2) is 0 Å². The van der Waals surface area contributed by atoms with Crippen LogP contribution in [0.1, 0.15) is 19.8 Å². The number of rotatable bonds is 7. The lowest BCUT2D eigenvalue weighted by molar-refractivity contribution is 0.194. The van der Waals surface area contributed by atoms with Crippen molar-refractivity contribution in [2.75, 3.05) is 26.1 Å². The average Bonchev–Trinajstić information content (AvgIpc) is 2.04. The van der Waals surface area contributed by atoms with Crippen molar-refractivity contribution in [2.45, 2.75) is 25.0 Å². The van der Waals surface area contributed by atoms with Crippen LogP contribution >= 0.6 is 11.8 Å². The minimum atomic E-state index is 0.287. The molecule has 1 unspecified atom stereocenters. The molecule has 0 rings (SSSR count). The van der Waals surface area contributed by atoms with Gasteiger partial charge >= 0.3 is 0 Å². The number of aliphatic hydroxyl groups excluding tert-OH is 1. The first-order valence-electron chi connectivity index (χ1n) is 4.02. The maximum atomic E-state index is 8.69. The van der Waals surface area contributed by atoms with Gasteiger partial charge in [-0.05, 0) is 18.6 Å². The molecule has 0 fully saturated rings. The Kier molecular flexibility index (Phi) is 8.57. The highest BCUT2D eigenvalue weighted by Gasteiger charge is 1.98. The molecular weight excluding hydrogens is 160 g/mol. The normalized spacial score (nSPS) is 13.4. The van der Waals surface area contributed by atoms with Crippen molar-refractivity contribution < 1.29 is 9.84 Å². The summed E-state index contributed by atoms with van der Waals surface area (Å²) in [6, 6.07) is 0. The SMILES string of the molecule is COCCCCSC(C)CO. The van der Waals surface area contributed by atoms with Crippen LogP contribution in [-0.4, -0.2) is 36.4 Å². The fraction of sp³-hybridized carbons (Fsp3) is 1.00. The van der Waals surface area contributed by atoms with Crippen molar-refractivity contribution in [1.29, 1.82) is 0 Å². The molecule has 0 aliphatic heterocycles. The zero-order valence-corrected chi connectivity index (χ0v) is 8.19. The molecule has 1 N–H and O–H groups in total. The fourth-order valence-electron chi connectivity index (χ4n) is 0.686. The summed E-state index contributed by atoms with van der Waals surface area (Å²) >= 11 is 1.82. The van der Waals surface area contributed by atoms with Gasteiger partial charge in [0, 0.05) is 19.0 Å². The van der Waals surface area contributed by atoms with Crippen LogP contribution in [0.2, 0.25) is 0 Å². The molecule has 0 bridgehead atoms. The highest BCUT2D eigenvalue weighted by Crippen LogP contribution is 2.11. The lowest BCUT2D eigenvalue weighted by Crippen LogP contribution is -2.03. The van der Waals surface area contributed by atoms with Crippen LogP contribution in [0.3, 0.4) is 0 Å². The molecule has 1 atom stereocenters. The highest BCUT2D eigenvalue weighted by atomic mass is 32.2. The van der Waals surface area contributed by atoms with Crippen molar-refractivity contribution in [3.63, 3.8) is 0 Å². The van der Waals surface area contributed by atoms with Gasteiger partial charge in [0.1, 0.15) is 0 Å². The number of hydrogen-bond acceptors (Lipinski definition) is 3. The Morgan fingerprint density at radius 1 is 1.45 bits per heavy atom. The summed E-state index contributed by atoms with van der Waals surface area (Å²) in [5.74, 6) is 1.13. The minimum Gasteiger partial charge on any atom is -0.395 e. The van der Waals surface area contributed by atoms with E-state index in [9.17, 15) is 0 Å². The highest BCUT2D eigenvalue weighted by molar-refractivity contribution is 7.99. The first-order chi connectivity index (χ1) is 5.31. The van der Waals surface area contributed by atoms with Gasteiger partial charge in [-0.15, -0.1) is 0 Å². The third-order valence-electron chi connectivity index (χ3n) is 1.40. The second kappa shape index (κ2) is 8.37. The topological polar surface area (TPSA) is 29.5 Å². The van der Waals surface area contributed by atoms with E-state index in [2.05, 4.69) is 0 Å². The van der Waals surface area contributed by atoms with E-state index in [-0.39, 0.29) is 6.61 Å². The summed E-state index contributed by atoms with van der Waals surface area (Å²) in [6.45, 7) is 3.18. The lowest BCUT2D eigenvalue weighted by atomic mass is 10.4. The Morgan fingerprint density at radius 3 is 2.73 bits per heavy atom. The number of ether oxygens (including phenoxy) is 1. The minimum absolute atomic E-state index is 0.287. The van der Waals surface area contributed by atoms with Gasteiger partial charge in [-0.25, -0.2) is 0 Å². The van der Waals surface area contributed by atoms with E-state index in [1.807, 2.05) is 18.7 Å². The fourth-order valence-corrected chi connectivity index (χ4v) is 1.56. The van der Waals surface area contributed by atoms with Crippen LogP contribution < -0.4 is 0 Å². The number of thioether (sulfide) groups is 1. The van der Waals surface area contributed by atoms with E-state index in [0.717, 1.165) is 18.8 Å². The van der Waals surface area contributed by atoms with Gasteiger partial charge in [0.2, 0.25) is 0 Å². The monoisotopic (exact) mass is 178 g/mol. The van der Waals surface area contributed by atoms with Crippen molar-refractivity contribution in [1.82, 2.24) is 0 Å². The van der Waals surface area contributed by atoms with E-state index in [1.54, 1.807) is 7.11 Å². The lowest BCUT2D eigenvalue weighted by Gasteiger charge is -2.06. The standard InChI is InChI=1S/C8H18O2S/c1-8(7-9)11-6-4-3-5-10-2/h8-9H,3-7H2,1-2H3. The van der Waals surface area contributed by atoms with Crippen molar-refractivity contribution in [3.05, 3.63) is 0 Å². The summed E-state index contributed by atoms with van der Waals surface area (Å²) in [7, 11) is 1.73. The second-order valence-electron chi connectivity index (χ2n) is 2.56. The van der Waals surface area contributed by atoms with Gasteiger partial charge in [-0.3, -0.25) is 0 Å². The van der Waals surface area contributed by atoms with E-state index in [4.69, 9.17) is 9.84 Å². The third-order valence-corrected chi connectivity index (χ3v) is 2.64. The first kappa shape index (κ1) is 11.3. The molecule has 0 aromatic rings. The molecule has 11 heavy (non-hydrogen) atoms. The van der Waals surface area contributed by atoms with Crippen LogP contribution in [0, 0.1) is 0 Å². The Morgan fingerprint density at radius 2 is 2.18 bits per heavy atom. The summed E-state index contributed by atoms with van der Waals surface area (Å²) < 4.78 is 4.92. The number of hydrogen-bond donors (Lipinski definition) is 1. The molecule has 0 aliphatic rings.